The topological polar surface area (TPSA) is 62.8 Å². The molecule has 2 N–H and O–H groups in total. The van der Waals surface area contributed by atoms with Gasteiger partial charge in [0, 0.05) is 37.1 Å². The summed E-state index contributed by atoms with van der Waals surface area (Å²) in [6.07, 6.45) is -3.49. The van der Waals surface area contributed by atoms with E-state index in [1.807, 2.05) is 18.7 Å². The summed E-state index contributed by atoms with van der Waals surface area (Å²) in [6, 6.07) is 2.88. The number of halogens is 3. The number of carbonyl (C=O) groups is 1. The Bertz CT molecular complexity index is 778. The van der Waals surface area contributed by atoms with E-state index in [1.54, 1.807) is 0 Å². The van der Waals surface area contributed by atoms with Gasteiger partial charge in [-0.3, -0.25) is 0 Å². The maximum absolute atomic E-state index is 13.2. The molecule has 0 spiro atoms. The van der Waals surface area contributed by atoms with E-state index in [0.717, 1.165) is 18.6 Å². The van der Waals surface area contributed by atoms with Gasteiger partial charge in [0.25, 0.3) is 0 Å². The summed E-state index contributed by atoms with van der Waals surface area (Å²) in [5, 5.41) is 5.62. The van der Waals surface area contributed by atoms with Crippen molar-refractivity contribution in [2.45, 2.75) is 38.6 Å². The van der Waals surface area contributed by atoms with Crippen molar-refractivity contribution in [2.75, 3.05) is 43.1 Å². The van der Waals surface area contributed by atoms with Gasteiger partial charge < -0.3 is 25.0 Å². The Morgan fingerprint density at radius 3 is 2.62 bits per heavy atom. The van der Waals surface area contributed by atoms with Gasteiger partial charge in [-0.05, 0) is 24.6 Å². The molecule has 2 amide bonds. The normalized spacial score (nSPS) is 28.4. The van der Waals surface area contributed by atoms with Gasteiger partial charge in [-0.2, -0.15) is 13.2 Å². The van der Waals surface area contributed by atoms with Crippen molar-refractivity contribution in [3.8, 4) is 0 Å². The molecule has 0 bridgehead atoms. The number of ether oxygens (including phenoxy) is 2. The van der Waals surface area contributed by atoms with Gasteiger partial charge in [0.2, 0.25) is 0 Å². The van der Waals surface area contributed by atoms with Crippen molar-refractivity contribution >= 4 is 17.4 Å². The lowest BCUT2D eigenvalue weighted by molar-refractivity contribution is -0.137. The number of alkyl halides is 3. The van der Waals surface area contributed by atoms with E-state index in [1.165, 1.54) is 6.07 Å². The summed E-state index contributed by atoms with van der Waals surface area (Å²) >= 11 is 0. The minimum atomic E-state index is -4.49. The van der Waals surface area contributed by atoms with Crippen molar-refractivity contribution in [3.05, 3.63) is 23.8 Å². The van der Waals surface area contributed by atoms with Gasteiger partial charge in [-0.25, -0.2) is 4.79 Å². The Kier molecular flexibility index (Phi) is 5.14. The smallest absolute Gasteiger partial charge is 0.378 e. The molecule has 1 aliphatic carbocycles. The molecule has 2 saturated heterocycles. The average molecular weight is 413 g/mol. The zero-order valence-corrected chi connectivity index (χ0v) is 16.5. The summed E-state index contributed by atoms with van der Waals surface area (Å²) in [6.45, 7) is 6.84. The Morgan fingerprint density at radius 1 is 1.21 bits per heavy atom. The molecule has 3 fully saturated rings. The molecule has 1 aromatic rings. The van der Waals surface area contributed by atoms with Crippen LogP contribution < -0.4 is 15.5 Å². The highest BCUT2D eigenvalue weighted by Gasteiger charge is 2.59. The third-order valence-corrected chi connectivity index (χ3v) is 6.31. The third kappa shape index (κ3) is 3.77. The van der Waals surface area contributed by atoms with Crippen LogP contribution in [-0.2, 0) is 15.7 Å². The van der Waals surface area contributed by atoms with Crippen molar-refractivity contribution in [2.24, 2.45) is 11.3 Å². The van der Waals surface area contributed by atoms with E-state index in [4.69, 9.17) is 9.47 Å². The lowest BCUT2D eigenvalue weighted by atomic mass is 9.57. The zero-order valence-electron chi connectivity index (χ0n) is 16.5. The average Bonchev–Trinajstić information content (AvgIpc) is 3.13. The minimum absolute atomic E-state index is 0.0763. The molecule has 6 nitrogen and oxygen atoms in total. The van der Waals surface area contributed by atoms with Crippen molar-refractivity contribution in [1.29, 1.82) is 0 Å². The molecular weight excluding hydrogens is 387 g/mol. The number of benzene rings is 1. The van der Waals surface area contributed by atoms with E-state index >= 15 is 0 Å². The van der Waals surface area contributed by atoms with Gasteiger partial charge in [-0.15, -0.1) is 0 Å². The number of rotatable bonds is 3. The van der Waals surface area contributed by atoms with Crippen LogP contribution in [0.25, 0.3) is 0 Å². The maximum Gasteiger partial charge on any atom is 0.416 e. The van der Waals surface area contributed by atoms with Gasteiger partial charge >= 0.3 is 12.2 Å². The van der Waals surface area contributed by atoms with Crippen molar-refractivity contribution in [1.82, 2.24) is 5.32 Å². The minimum Gasteiger partial charge on any atom is -0.378 e. The number of hydrogen-bond donors (Lipinski definition) is 2. The lowest BCUT2D eigenvalue weighted by Gasteiger charge is -2.54. The lowest BCUT2D eigenvalue weighted by Crippen LogP contribution is -2.67. The molecule has 9 heteroatoms. The predicted molar refractivity (Wildman–Crippen MR) is 102 cm³/mol. The van der Waals surface area contributed by atoms with Crippen molar-refractivity contribution in [3.63, 3.8) is 0 Å². The summed E-state index contributed by atoms with van der Waals surface area (Å²) in [4.78, 5) is 14.6. The van der Waals surface area contributed by atoms with Gasteiger partial charge in [0.1, 0.15) is 0 Å². The van der Waals surface area contributed by atoms with Crippen LogP contribution in [0.15, 0.2) is 18.2 Å². The number of hydrogen-bond acceptors (Lipinski definition) is 4. The second-order valence-corrected chi connectivity index (χ2v) is 8.47. The number of morpholine rings is 1. The third-order valence-electron chi connectivity index (χ3n) is 6.31. The molecule has 160 valence electrons. The van der Waals surface area contributed by atoms with E-state index in [2.05, 4.69) is 10.6 Å². The molecule has 3 atom stereocenters. The first kappa shape index (κ1) is 20.3. The number of amides is 2. The molecule has 0 radical (unpaired) electrons. The molecular formula is C20H26F3N3O3. The van der Waals surface area contributed by atoms with E-state index in [-0.39, 0.29) is 29.2 Å². The number of nitrogens with zero attached hydrogens (tertiary/aromatic N) is 1. The zero-order chi connectivity index (χ0) is 20.8. The largest absolute Gasteiger partial charge is 0.416 e. The highest BCUT2D eigenvalue weighted by atomic mass is 19.4. The molecule has 3 aliphatic rings. The second kappa shape index (κ2) is 7.36. The molecule has 1 saturated carbocycles. The Hall–Kier alpha value is -2.00. The summed E-state index contributed by atoms with van der Waals surface area (Å²) < 4.78 is 50.7. The van der Waals surface area contributed by atoms with Crippen LogP contribution in [-0.4, -0.2) is 51.1 Å². The Labute approximate surface area is 167 Å². The highest BCUT2D eigenvalue weighted by Crippen LogP contribution is 2.52. The second-order valence-electron chi connectivity index (χ2n) is 8.47. The van der Waals surface area contributed by atoms with Crippen LogP contribution in [0.4, 0.5) is 29.3 Å². The van der Waals surface area contributed by atoms with Crippen LogP contribution in [0.3, 0.4) is 0 Å². The monoisotopic (exact) mass is 413 g/mol. The number of nitrogens with one attached hydrogen (secondary N) is 2. The van der Waals surface area contributed by atoms with E-state index in [9.17, 15) is 18.0 Å². The van der Waals surface area contributed by atoms with E-state index < -0.39 is 17.8 Å². The fourth-order valence-corrected chi connectivity index (χ4v) is 4.81. The van der Waals surface area contributed by atoms with Crippen molar-refractivity contribution < 1.29 is 27.4 Å². The SMILES string of the molecule is CC1(C)[C@H](NC(=O)Nc2cc(C(F)(F)F)ccc2N2CCOCC2)[C@H]2CCO[C@@H]21. The van der Waals surface area contributed by atoms with Crippen LogP contribution in [0.5, 0.6) is 0 Å². The van der Waals surface area contributed by atoms with Crippen LogP contribution in [0, 0.1) is 11.3 Å². The predicted octanol–water partition coefficient (Wildman–Crippen LogP) is 3.48. The fraction of sp³-hybridized carbons (Fsp3) is 0.650. The summed E-state index contributed by atoms with van der Waals surface area (Å²) in [7, 11) is 0. The first-order valence-electron chi connectivity index (χ1n) is 9.91. The van der Waals surface area contributed by atoms with Gasteiger partial charge in [0.15, 0.2) is 0 Å². The molecule has 4 rings (SSSR count). The quantitative estimate of drug-likeness (QED) is 0.797. The molecule has 29 heavy (non-hydrogen) atoms. The van der Waals surface area contributed by atoms with Gasteiger partial charge in [0.05, 0.1) is 36.3 Å². The number of carbonyl (C=O) groups excluding carboxylic acids is 1. The molecule has 0 aromatic heterocycles. The first-order chi connectivity index (χ1) is 13.7. The Morgan fingerprint density at radius 2 is 1.93 bits per heavy atom. The summed E-state index contributed by atoms with van der Waals surface area (Å²) in [5.41, 5.74) is -0.292. The van der Waals surface area contributed by atoms with Crippen LogP contribution in [0.2, 0.25) is 0 Å². The highest BCUT2D eigenvalue weighted by molar-refractivity contribution is 5.93. The standard InChI is InChI=1S/C20H26F3N3O3/c1-19(2)16(13-5-8-29-17(13)19)25-18(27)24-14-11-12(20(21,22)23)3-4-15(14)26-6-9-28-10-7-26/h3-4,11,13,16-17H,5-10H2,1-2H3,(H2,24,25,27)/t13-,16-,17+/m1/s1. The van der Waals surface area contributed by atoms with Crippen LogP contribution in [0.1, 0.15) is 25.8 Å². The number of anilines is 2. The maximum atomic E-state index is 13.2. The molecule has 2 aliphatic heterocycles. The molecule has 1 aromatic carbocycles. The summed E-state index contributed by atoms with van der Waals surface area (Å²) in [5.74, 6) is 0.246. The molecule has 0 unspecified atom stereocenters. The first-order valence-corrected chi connectivity index (χ1v) is 9.91. The van der Waals surface area contributed by atoms with Gasteiger partial charge in [-0.1, -0.05) is 13.8 Å². The number of urea groups is 1. The Balaban J connectivity index is 1.53. The number of fused-ring (bicyclic) bond motifs is 1. The fourth-order valence-electron chi connectivity index (χ4n) is 4.81. The molecule has 2 heterocycles. The van der Waals surface area contributed by atoms with E-state index in [0.29, 0.717) is 38.6 Å². The van der Waals surface area contributed by atoms with Crippen LogP contribution >= 0.6 is 0 Å².